The number of halogens is 1. The zero-order valence-corrected chi connectivity index (χ0v) is 11.0. The number of hydrogen-bond donors (Lipinski definition) is 1. The number of rotatable bonds is 2. The number of nitrogens with zero attached hydrogens (tertiary/aromatic N) is 1. The first-order valence-corrected chi connectivity index (χ1v) is 7.65. The summed E-state index contributed by atoms with van der Waals surface area (Å²) in [5.41, 5.74) is 0.816. The number of aliphatic hydroxyl groups is 1. The van der Waals surface area contributed by atoms with E-state index < -0.39 is 21.8 Å². The zero-order chi connectivity index (χ0) is 13.3. The van der Waals surface area contributed by atoms with Crippen LogP contribution in [0.1, 0.15) is 18.6 Å². The Labute approximate surface area is 106 Å². The van der Waals surface area contributed by atoms with Crippen molar-refractivity contribution in [1.82, 2.24) is 0 Å². The quantitative estimate of drug-likeness (QED) is 0.877. The summed E-state index contributed by atoms with van der Waals surface area (Å²) in [6.45, 7) is 2.18. The van der Waals surface area contributed by atoms with Gasteiger partial charge in [0.05, 0.1) is 17.6 Å². The summed E-state index contributed by atoms with van der Waals surface area (Å²) in [7, 11) is -2.96. The maximum atomic E-state index is 13.7. The topological polar surface area (TPSA) is 57.6 Å². The fourth-order valence-electron chi connectivity index (χ4n) is 2.17. The number of sulfone groups is 1. The van der Waals surface area contributed by atoms with Gasteiger partial charge in [0.1, 0.15) is 5.82 Å². The summed E-state index contributed by atoms with van der Waals surface area (Å²) < 4.78 is 36.4. The second-order valence-electron chi connectivity index (χ2n) is 4.49. The van der Waals surface area contributed by atoms with Gasteiger partial charge >= 0.3 is 0 Å². The predicted octanol–water partition coefficient (Wildman–Crippen LogP) is 1.11. The van der Waals surface area contributed by atoms with Crippen LogP contribution < -0.4 is 4.90 Å². The molecule has 4 nitrogen and oxygen atoms in total. The van der Waals surface area contributed by atoms with Crippen molar-refractivity contribution < 1.29 is 17.9 Å². The summed E-state index contributed by atoms with van der Waals surface area (Å²) >= 11 is 0. The van der Waals surface area contributed by atoms with Crippen LogP contribution in [0.2, 0.25) is 0 Å². The van der Waals surface area contributed by atoms with E-state index in [-0.39, 0.29) is 17.1 Å². The first-order chi connectivity index (χ1) is 8.41. The Morgan fingerprint density at radius 3 is 2.50 bits per heavy atom. The highest BCUT2D eigenvalue weighted by molar-refractivity contribution is 7.91. The SMILES string of the molecule is C[C@H](O)c1c(F)cccc1N1CCS(=O)(=O)CC1. The zero-order valence-electron chi connectivity index (χ0n) is 10.1. The minimum atomic E-state index is -2.96. The molecule has 1 saturated heterocycles. The maximum Gasteiger partial charge on any atom is 0.153 e. The molecular weight excluding hydrogens is 257 g/mol. The van der Waals surface area contributed by atoms with Gasteiger partial charge in [0.25, 0.3) is 0 Å². The van der Waals surface area contributed by atoms with Gasteiger partial charge in [-0.3, -0.25) is 0 Å². The molecule has 6 heteroatoms. The molecule has 0 bridgehead atoms. The Morgan fingerprint density at radius 2 is 1.94 bits per heavy atom. The van der Waals surface area contributed by atoms with Gasteiger partial charge in [-0.15, -0.1) is 0 Å². The van der Waals surface area contributed by atoms with E-state index in [9.17, 15) is 17.9 Å². The van der Waals surface area contributed by atoms with Crippen LogP contribution >= 0.6 is 0 Å². The minimum absolute atomic E-state index is 0.0722. The molecule has 1 atom stereocenters. The molecule has 1 N–H and O–H groups in total. The lowest BCUT2D eigenvalue weighted by Gasteiger charge is -2.31. The lowest BCUT2D eigenvalue weighted by atomic mass is 10.1. The summed E-state index contributed by atoms with van der Waals surface area (Å²) in [5, 5.41) is 9.63. The Bertz CT molecular complexity index is 528. The molecular formula is C12H16FNO3S. The third-order valence-corrected chi connectivity index (χ3v) is 4.74. The molecule has 1 aliphatic heterocycles. The molecule has 2 rings (SSSR count). The number of anilines is 1. The van der Waals surface area contributed by atoms with Crippen LogP contribution in [0, 0.1) is 5.82 Å². The molecule has 1 aromatic rings. The van der Waals surface area contributed by atoms with Gasteiger partial charge in [0, 0.05) is 24.3 Å². The van der Waals surface area contributed by atoms with E-state index >= 15 is 0 Å². The molecule has 0 aliphatic carbocycles. The van der Waals surface area contributed by atoms with Gasteiger partial charge in [-0.2, -0.15) is 0 Å². The fraction of sp³-hybridized carbons (Fsp3) is 0.500. The summed E-state index contributed by atoms with van der Waals surface area (Å²) in [5.74, 6) is -0.318. The van der Waals surface area contributed by atoms with Crippen LogP contribution in [0.15, 0.2) is 18.2 Å². The Hall–Kier alpha value is -1.14. The van der Waals surface area contributed by atoms with Gasteiger partial charge in [-0.1, -0.05) is 6.07 Å². The van der Waals surface area contributed by atoms with Crippen molar-refractivity contribution in [3.8, 4) is 0 Å². The average Bonchev–Trinajstić information content (AvgIpc) is 2.28. The van der Waals surface area contributed by atoms with E-state index in [0.717, 1.165) is 0 Å². The third kappa shape index (κ3) is 2.64. The molecule has 1 aromatic carbocycles. The first kappa shape index (κ1) is 13.3. The maximum absolute atomic E-state index is 13.7. The molecule has 0 aromatic heterocycles. The Morgan fingerprint density at radius 1 is 1.33 bits per heavy atom. The van der Waals surface area contributed by atoms with E-state index in [0.29, 0.717) is 18.8 Å². The summed E-state index contributed by atoms with van der Waals surface area (Å²) in [6.07, 6.45) is -0.917. The van der Waals surface area contributed by atoms with Crippen molar-refractivity contribution in [2.75, 3.05) is 29.5 Å². The molecule has 1 aliphatic rings. The van der Waals surface area contributed by atoms with Crippen molar-refractivity contribution >= 4 is 15.5 Å². The molecule has 100 valence electrons. The predicted molar refractivity (Wildman–Crippen MR) is 67.9 cm³/mol. The van der Waals surface area contributed by atoms with Crippen molar-refractivity contribution in [2.24, 2.45) is 0 Å². The molecule has 1 heterocycles. The van der Waals surface area contributed by atoms with Crippen LogP contribution in [0.4, 0.5) is 10.1 Å². The molecule has 1 fully saturated rings. The highest BCUT2D eigenvalue weighted by Gasteiger charge is 2.25. The standard InChI is InChI=1S/C12H16FNO3S/c1-9(15)12-10(13)3-2-4-11(12)14-5-7-18(16,17)8-6-14/h2-4,9,15H,5-8H2,1H3/t9-/m0/s1. The number of hydrogen-bond acceptors (Lipinski definition) is 4. The lowest BCUT2D eigenvalue weighted by Crippen LogP contribution is -2.40. The highest BCUT2D eigenvalue weighted by atomic mass is 32.2. The Kier molecular flexibility index (Phi) is 3.59. The molecule has 0 radical (unpaired) electrons. The van der Waals surface area contributed by atoms with Gasteiger partial charge in [-0.25, -0.2) is 12.8 Å². The van der Waals surface area contributed by atoms with Crippen LogP contribution in [-0.2, 0) is 9.84 Å². The van der Waals surface area contributed by atoms with Crippen LogP contribution in [-0.4, -0.2) is 38.1 Å². The van der Waals surface area contributed by atoms with Gasteiger partial charge < -0.3 is 10.0 Å². The lowest BCUT2D eigenvalue weighted by molar-refractivity contribution is 0.194. The fourth-order valence-corrected chi connectivity index (χ4v) is 3.37. The molecule has 18 heavy (non-hydrogen) atoms. The van der Waals surface area contributed by atoms with Gasteiger partial charge in [0.2, 0.25) is 0 Å². The highest BCUT2D eigenvalue weighted by Crippen LogP contribution is 2.29. The monoisotopic (exact) mass is 273 g/mol. The Balaban J connectivity index is 2.32. The minimum Gasteiger partial charge on any atom is -0.389 e. The van der Waals surface area contributed by atoms with E-state index in [1.54, 1.807) is 12.1 Å². The molecule has 0 unspecified atom stereocenters. The summed E-state index contributed by atoms with van der Waals surface area (Å²) in [4.78, 5) is 1.81. The van der Waals surface area contributed by atoms with Crippen molar-refractivity contribution in [3.05, 3.63) is 29.6 Å². The second kappa shape index (κ2) is 4.85. The van der Waals surface area contributed by atoms with Gasteiger partial charge in [0.15, 0.2) is 9.84 Å². The van der Waals surface area contributed by atoms with Crippen LogP contribution in [0.25, 0.3) is 0 Å². The van der Waals surface area contributed by atoms with Crippen molar-refractivity contribution in [1.29, 1.82) is 0 Å². The van der Waals surface area contributed by atoms with Crippen molar-refractivity contribution in [3.63, 3.8) is 0 Å². The van der Waals surface area contributed by atoms with E-state index in [1.165, 1.54) is 13.0 Å². The first-order valence-electron chi connectivity index (χ1n) is 5.82. The number of aliphatic hydroxyl groups excluding tert-OH is 1. The average molecular weight is 273 g/mol. The molecule has 0 amide bonds. The van der Waals surface area contributed by atoms with E-state index in [4.69, 9.17) is 0 Å². The van der Waals surface area contributed by atoms with E-state index in [1.807, 2.05) is 4.90 Å². The summed E-state index contributed by atoms with van der Waals surface area (Å²) in [6, 6.07) is 4.58. The normalized spacial score (nSPS) is 20.7. The molecule has 0 spiro atoms. The largest absolute Gasteiger partial charge is 0.389 e. The number of benzene rings is 1. The van der Waals surface area contributed by atoms with Crippen molar-refractivity contribution in [2.45, 2.75) is 13.0 Å². The van der Waals surface area contributed by atoms with Crippen LogP contribution in [0.5, 0.6) is 0 Å². The van der Waals surface area contributed by atoms with Gasteiger partial charge in [-0.05, 0) is 19.1 Å². The second-order valence-corrected chi connectivity index (χ2v) is 6.79. The third-order valence-electron chi connectivity index (χ3n) is 3.13. The van der Waals surface area contributed by atoms with Crippen LogP contribution in [0.3, 0.4) is 0 Å². The smallest absolute Gasteiger partial charge is 0.153 e. The molecule has 0 saturated carbocycles. The van der Waals surface area contributed by atoms with E-state index in [2.05, 4.69) is 0 Å².